The Morgan fingerprint density at radius 3 is 2.94 bits per heavy atom. The molecular weight excluding hydrogens is 204 g/mol. The smallest absolute Gasteiger partial charge is 0.237 e. The molecule has 90 valence electrons. The van der Waals surface area contributed by atoms with E-state index in [4.69, 9.17) is 10.00 Å². The number of carbonyl (C=O) groups is 1. The van der Waals surface area contributed by atoms with Crippen LogP contribution in [0.25, 0.3) is 0 Å². The SMILES string of the molecule is CCCC(C#N)C(=O)NC1(C)CCCOC1. The second-order valence-electron chi connectivity index (χ2n) is 4.68. The van der Waals surface area contributed by atoms with Crippen molar-refractivity contribution >= 4 is 5.91 Å². The Morgan fingerprint density at radius 2 is 2.44 bits per heavy atom. The standard InChI is InChI=1S/C12H20N2O2/c1-3-5-10(8-13)11(15)14-12(2)6-4-7-16-9-12/h10H,3-7,9H2,1-2H3,(H,14,15). The van der Waals surface area contributed by atoms with Crippen LogP contribution >= 0.6 is 0 Å². The molecule has 1 rings (SSSR count). The Hall–Kier alpha value is -1.08. The zero-order valence-corrected chi connectivity index (χ0v) is 10.1. The summed E-state index contributed by atoms with van der Waals surface area (Å²) in [4.78, 5) is 11.8. The van der Waals surface area contributed by atoms with Gasteiger partial charge in [0.15, 0.2) is 0 Å². The Balaban J connectivity index is 2.51. The lowest BCUT2D eigenvalue weighted by molar-refractivity contribution is -0.127. The molecule has 0 aromatic heterocycles. The number of nitriles is 1. The lowest BCUT2D eigenvalue weighted by Crippen LogP contribution is -2.53. The van der Waals surface area contributed by atoms with Crippen LogP contribution < -0.4 is 5.32 Å². The van der Waals surface area contributed by atoms with E-state index in [-0.39, 0.29) is 11.4 Å². The number of ether oxygens (including phenoxy) is 1. The molecule has 1 saturated heterocycles. The van der Waals surface area contributed by atoms with E-state index < -0.39 is 5.92 Å². The molecule has 1 fully saturated rings. The number of hydrogen-bond acceptors (Lipinski definition) is 3. The lowest BCUT2D eigenvalue weighted by atomic mass is 9.93. The predicted molar refractivity (Wildman–Crippen MR) is 60.6 cm³/mol. The minimum atomic E-state index is -0.524. The summed E-state index contributed by atoms with van der Waals surface area (Å²) >= 11 is 0. The van der Waals surface area contributed by atoms with E-state index in [0.29, 0.717) is 13.0 Å². The summed E-state index contributed by atoms with van der Waals surface area (Å²) < 4.78 is 5.36. The minimum Gasteiger partial charge on any atom is -0.379 e. The maximum absolute atomic E-state index is 11.8. The molecule has 16 heavy (non-hydrogen) atoms. The van der Waals surface area contributed by atoms with Gasteiger partial charge >= 0.3 is 0 Å². The molecular formula is C12H20N2O2. The summed E-state index contributed by atoms with van der Waals surface area (Å²) in [6.07, 6.45) is 3.35. The second kappa shape index (κ2) is 5.86. The zero-order chi connectivity index (χ0) is 12.0. The van der Waals surface area contributed by atoms with Crippen LogP contribution in [0.15, 0.2) is 0 Å². The second-order valence-corrected chi connectivity index (χ2v) is 4.68. The van der Waals surface area contributed by atoms with Crippen LogP contribution in [-0.2, 0) is 9.53 Å². The Kier molecular flexibility index (Phi) is 4.75. The van der Waals surface area contributed by atoms with Gasteiger partial charge in [0.2, 0.25) is 5.91 Å². The highest BCUT2D eigenvalue weighted by atomic mass is 16.5. The number of rotatable bonds is 4. The van der Waals surface area contributed by atoms with Crippen molar-refractivity contribution in [3.8, 4) is 6.07 Å². The molecule has 1 aliphatic heterocycles. The average Bonchev–Trinajstić information content (AvgIpc) is 2.26. The van der Waals surface area contributed by atoms with Gasteiger partial charge in [0.05, 0.1) is 18.2 Å². The Morgan fingerprint density at radius 1 is 1.69 bits per heavy atom. The molecule has 2 atom stereocenters. The number of amides is 1. The van der Waals surface area contributed by atoms with Gasteiger partial charge in [-0.05, 0) is 26.2 Å². The lowest BCUT2D eigenvalue weighted by Gasteiger charge is -2.34. The molecule has 4 nitrogen and oxygen atoms in total. The van der Waals surface area contributed by atoms with E-state index in [0.717, 1.165) is 25.9 Å². The third-order valence-corrected chi connectivity index (χ3v) is 2.91. The predicted octanol–water partition coefficient (Wildman–Crippen LogP) is 1.61. The van der Waals surface area contributed by atoms with Crippen molar-refractivity contribution in [1.82, 2.24) is 5.32 Å². The first kappa shape index (κ1) is 13.0. The Labute approximate surface area is 97.0 Å². The van der Waals surface area contributed by atoms with Crippen molar-refractivity contribution in [1.29, 1.82) is 5.26 Å². The van der Waals surface area contributed by atoms with E-state index in [1.54, 1.807) is 0 Å². The summed E-state index contributed by atoms with van der Waals surface area (Å²) in [6, 6.07) is 2.06. The fraction of sp³-hybridized carbons (Fsp3) is 0.833. The van der Waals surface area contributed by atoms with Crippen molar-refractivity contribution < 1.29 is 9.53 Å². The third kappa shape index (κ3) is 3.49. The molecule has 0 aromatic rings. The van der Waals surface area contributed by atoms with Gasteiger partial charge in [-0.15, -0.1) is 0 Å². The summed E-state index contributed by atoms with van der Waals surface area (Å²) in [5.74, 6) is -0.680. The van der Waals surface area contributed by atoms with Crippen LogP contribution in [0.2, 0.25) is 0 Å². The molecule has 0 aliphatic carbocycles. The van der Waals surface area contributed by atoms with Gasteiger partial charge in [-0.3, -0.25) is 4.79 Å². The summed E-state index contributed by atoms with van der Waals surface area (Å²) in [7, 11) is 0. The molecule has 2 unspecified atom stereocenters. The van der Waals surface area contributed by atoms with Crippen LogP contribution in [0.4, 0.5) is 0 Å². The minimum absolute atomic E-state index is 0.155. The van der Waals surface area contributed by atoms with Gasteiger partial charge in [0.1, 0.15) is 5.92 Å². The van der Waals surface area contributed by atoms with E-state index in [1.165, 1.54) is 0 Å². The van der Waals surface area contributed by atoms with Crippen molar-refractivity contribution in [2.45, 2.75) is 45.1 Å². The van der Waals surface area contributed by atoms with Crippen LogP contribution in [0.1, 0.15) is 39.5 Å². The quantitative estimate of drug-likeness (QED) is 0.789. The van der Waals surface area contributed by atoms with E-state index >= 15 is 0 Å². The molecule has 0 radical (unpaired) electrons. The van der Waals surface area contributed by atoms with Gasteiger partial charge in [0.25, 0.3) is 0 Å². The van der Waals surface area contributed by atoms with Crippen LogP contribution in [0.5, 0.6) is 0 Å². The third-order valence-electron chi connectivity index (χ3n) is 2.91. The average molecular weight is 224 g/mol. The molecule has 0 bridgehead atoms. The highest BCUT2D eigenvalue weighted by Gasteiger charge is 2.31. The van der Waals surface area contributed by atoms with Gasteiger partial charge in [-0.2, -0.15) is 5.26 Å². The summed E-state index contributed by atoms with van der Waals surface area (Å²) in [6.45, 7) is 5.26. The number of carbonyl (C=O) groups excluding carboxylic acids is 1. The van der Waals surface area contributed by atoms with Crippen LogP contribution in [0.3, 0.4) is 0 Å². The topological polar surface area (TPSA) is 62.1 Å². The largest absolute Gasteiger partial charge is 0.379 e. The van der Waals surface area contributed by atoms with E-state index in [1.807, 2.05) is 13.8 Å². The first-order chi connectivity index (χ1) is 7.61. The van der Waals surface area contributed by atoms with Gasteiger partial charge in [-0.25, -0.2) is 0 Å². The van der Waals surface area contributed by atoms with E-state index in [9.17, 15) is 4.79 Å². The van der Waals surface area contributed by atoms with Crippen molar-refractivity contribution in [2.24, 2.45) is 5.92 Å². The molecule has 4 heteroatoms. The monoisotopic (exact) mass is 224 g/mol. The number of hydrogen-bond donors (Lipinski definition) is 1. The van der Waals surface area contributed by atoms with E-state index in [2.05, 4.69) is 11.4 Å². The highest BCUT2D eigenvalue weighted by Crippen LogP contribution is 2.19. The number of nitrogens with one attached hydrogen (secondary N) is 1. The number of nitrogens with zero attached hydrogens (tertiary/aromatic N) is 1. The maximum Gasteiger partial charge on any atom is 0.237 e. The molecule has 0 aromatic carbocycles. The van der Waals surface area contributed by atoms with Crippen molar-refractivity contribution in [3.63, 3.8) is 0 Å². The highest BCUT2D eigenvalue weighted by molar-refractivity contribution is 5.81. The first-order valence-corrected chi connectivity index (χ1v) is 5.90. The molecule has 1 N–H and O–H groups in total. The van der Waals surface area contributed by atoms with Crippen molar-refractivity contribution in [2.75, 3.05) is 13.2 Å². The molecule has 1 amide bonds. The zero-order valence-electron chi connectivity index (χ0n) is 10.1. The first-order valence-electron chi connectivity index (χ1n) is 5.90. The van der Waals surface area contributed by atoms with Gasteiger partial charge < -0.3 is 10.1 Å². The molecule has 0 saturated carbocycles. The fourth-order valence-electron chi connectivity index (χ4n) is 1.96. The summed E-state index contributed by atoms with van der Waals surface area (Å²) in [5.41, 5.74) is -0.293. The molecule has 1 heterocycles. The van der Waals surface area contributed by atoms with Gasteiger partial charge in [-0.1, -0.05) is 13.3 Å². The Bertz CT molecular complexity index is 277. The summed E-state index contributed by atoms with van der Waals surface area (Å²) in [5, 5.41) is 11.8. The maximum atomic E-state index is 11.8. The van der Waals surface area contributed by atoms with Gasteiger partial charge in [0, 0.05) is 6.61 Å². The van der Waals surface area contributed by atoms with Crippen LogP contribution in [0, 0.1) is 17.2 Å². The normalized spacial score (nSPS) is 26.8. The van der Waals surface area contributed by atoms with Crippen molar-refractivity contribution in [3.05, 3.63) is 0 Å². The molecule has 0 spiro atoms. The molecule has 1 aliphatic rings. The fourth-order valence-corrected chi connectivity index (χ4v) is 1.96. The van der Waals surface area contributed by atoms with Crippen LogP contribution in [-0.4, -0.2) is 24.7 Å².